The first-order valence-corrected chi connectivity index (χ1v) is 4.90. The van der Waals surface area contributed by atoms with E-state index in [1.807, 2.05) is 37.3 Å². The number of carboxylic acids is 1. The molecule has 1 atom stereocenters. The highest BCUT2D eigenvalue weighted by Crippen LogP contribution is 2.28. The van der Waals surface area contributed by atoms with Crippen LogP contribution in [-0.4, -0.2) is 34.1 Å². The third kappa shape index (κ3) is 3.21. The molecule has 0 saturated heterocycles. The Morgan fingerprint density at radius 2 is 1.87 bits per heavy atom. The first-order valence-electron chi connectivity index (χ1n) is 4.90. The number of benzene rings is 1. The molecule has 0 aliphatic heterocycles. The summed E-state index contributed by atoms with van der Waals surface area (Å²) < 4.78 is 0. The first kappa shape index (κ1) is 14.5. The zero-order valence-electron chi connectivity index (χ0n) is 8.66. The van der Waals surface area contributed by atoms with Crippen molar-refractivity contribution in [2.45, 2.75) is 32.1 Å². The minimum absolute atomic E-state index is 0. The van der Waals surface area contributed by atoms with Crippen LogP contribution in [0.15, 0.2) is 30.3 Å². The molecule has 0 fully saturated rings. The van der Waals surface area contributed by atoms with Gasteiger partial charge in [-0.15, -0.1) is 0 Å². The van der Waals surface area contributed by atoms with E-state index in [1.165, 1.54) is 0 Å². The van der Waals surface area contributed by atoms with Crippen molar-refractivity contribution in [2.75, 3.05) is 0 Å². The normalized spacial score (nSPS) is 13.7. The molecule has 15 heavy (non-hydrogen) atoms. The van der Waals surface area contributed by atoms with Crippen molar-refractivity contribution in [2.24, 2.45) is 0 Å². The zero-order valence-corrected chi connectivity index (χ0v) is 8.66. The monoisotopic (exact) mass is 218 g/mol. The van der Waals surface area contributed by atoms with Crippen molar-refractivity contribution >= 4 is 29.0 Å². The predicted octanol–water partition coefficient (Wildman–Crippen LogP) is 1.91. The van der Waals surface area contributed by atoms with Gasteiger partial charge in [0.15, 0.2) is 0 Å². The number of rotatable bonds is 4. The standard InChI is InChI=1S/C12H16O2.Mg.2H/c1-3-9-12(2,11(13)14)10-7-5-4-6-8-10;;;/h4-8H,3,9H2,1-2H3,(H,13,14);;;. The third-order valence-electron chi connectivity index (χ3n) is 2.63. The fourth-order valence-electron chi connectivity index (χ4n) is 1.68. The zero-order chi connectivity index (χ0) is 10.6. The molecule has 3 heteroatoms. The van der Waals surface area contributed by atoms with Crippen LogP contribution in [0.1, 0.15) is 32.3 Å². The third-order valence-corrected chi connectivity index (χ3v) is 2.63. The van der Waals surface area contributed by atoms with Crippen LogP contribution in [0.3, 0.4) is 0 Å². The van der Waals surface area contributed by atoms with Gasteiger partial charge in [-0.2, -0.15) is 0 Å². The van der Waals surface area contributed by atoms with Gasteiger partial charge < -0.3 is 5.11 Å². The van der Waals surface area contributed by atoms with Gasteiger partial charge in [0.1, 0.15) is 0 Å². The van der Waals surface area contributed by atoms with E-state index in [4.69, 9.17) is 0 Å². The number of hydrogen-bond acceptors (Lipinski definition) is 1. The number of carbonyl (C=O) groups is 1. The average molecular weight is 219 g/mol. The van der Waals surface area contributed by atoms with Crippen LogP contribution in [0.4, 0.5) is 0 Å². The summed E-state index contributed by atoms with van der Waals surface area (Å²) in [6.45, 7) is 3.79. The van der Waals surface area contributed by atoms with Crippen LogP contribution in [0.25, 0.3) is 0 Å². The lowest BCUT2D eigenvalue weighted by Crippen LogP contribution is -2.32. The maximum atomic E-state index is 11.2. The lowest BCUT2D eigenvalue weighted by molar-refractivity contribution is -0.143. The smallest absolute Gasteiger partial charge is 0.316 e. The van der Waals surface area contributed by atoms with Gasteiger partial charge in [0.25, 0.3) is 0 Å². The number of carboxylic acid groups (broad SMARTS) is 1. The van der Waals surface area contributed by atoms with Gasteiger partial charge in [-0.05, 0) is 18.9 Å². The molecule has 0 aromatic heterocycles. The second kappa shape index (κ2) is 6.13. The van der Waals surface area contributed by atoms with Gasteiger partial charge in [-0.3, -0.25) is 4.79 Å². The molecule has 0 aliphatic rings. The van der Waals surface area contributed by atoms with Crippen LogP contribution in [0.5, 0.6) is 0 Å². The Morgan fingerprint density at radius 1 is 1.33 bits per heavy atom. The van der Waals surface area contributed by atoms with Crippen LogP contribution < -0.4 is 0 Å². The average Bonchev–Trinajstić information content (AvgIpc) is 2.19. The van der Waals surface area contributed by atoms with Crippen LogP contribution in [0.2, 0.25) is 0 Å². The fourth-order valence-corrected chi connectivity index (χ4v) is 1.68. The summed E-state index contributed by atoms with van der Waals surface area (Å²) in [5.74, 6) is -0.745. The van der Waals surface area contributed by atoms with Crippen molar-refractivity contribution in [3.8, 4) is 0 Å². The molecule has 1 aromatic rings. The predicted molar refractivity (Wildman–Crippen MR) is 64.9 cm³/mol. The van der Waals surface area contributed by atoms with Crippen molar-refractivity contribution < 1.29 is 9.90 Å². The summed E-state index contributed by atoms with van der Waals surface area (Å²) in [4.78, 5) is 11.2. The van der Waals surface area contributed by atoms with Gasteiger partial charge in [-0.1, -0.05) is 43.7 Å². The second-order valence-corrected chi connectivity index (χ2v) is 3.75. The molecule has 2 nitrogen and oxygen atoms in total. The molecule has 0 saturated carbocycles. The van der Waals surface area contributed by atoms with E-state index in [2.05, 4.69) is 0 Å². The van der Waals surface area contributed by atoms with E-state index in [9.17, 15) is 9.90 Å². The fraction of sp³-hybridized carbons (Fsp3) is 0.417. The Hall–Kier alpha value is -0.544. The SMILES string of the molecule is CCCC(C)(C(=O)O)c1ccccc1.[MgH2]. The molecule has 1 unspecified atom stereocenters. The molecule has 0 amide bonds. The van der Waals surface area contributed by atoms with Crippen LogP contribution >= 0.6 is 0 Å². The summed E-state index contributed by atoms with van der Waals surface area (Å²) >= 11 is 0. The topological polar surface area (TPSA) is 37.3 Å². The molecule has 0 radical (unpaired) electrons. The number of hydrogen-bond donors (Lipinski definition) is 1. The van der Waals surface area contributed by atoms with Crippen molar-refractivity contribution in [3.63, 3.8) is 0 Å². The molecule has 0 spiro atoms. The first-order chi connectivity index (χ1) is 6.61. The summed E-state index contributed by atoms with van der Waals surface area (Å²) in [6.07, 6.45) is 1.55. The maximum absolute atomic E-state index is 11.2. The van der Waals surface area contributed by atoms with Crippen LogP contribution in [0, 0.1) is 0 Å². The summed E-state index contributed by atoms with van der Waals surface area (Å²) in [5, 5.41) is 9.22. The molecule has 0 bridgehead atoms. The van der Waals surface area contributed by atoms with E-state index < -0.39 is 11.4 Å². The van der Waals surface area contributed by atoms with Crippen molar-refractivity contribution in [1.29, 1.82) is 0 Å². The van der Waals surface area contributed by atoms with E-state index in [-0.39, 0.29) is 23.1 Å². The van der Waals surface area contributed by atoms with Gasteiger partial charge in [-0.25, -0.2) is 0 Å². The Kier molecular flexibility index (Phi) is 5.91. The van der Waals surface area contributed by atoms with E-state index in [1.54, 1.807) is 6.92 Å². The highest BCUT2D eigenvalue weighted by molar-refractivity contribution is 5.80. The molecular formula is C12H18MgO2. The summed E-state index contributed by atoms with van der Waals surface area (Å²) in [7, 11) is 0. The quantitative estimate of drug-likeness (QED) is 0.784. The van der Waals surface area contributed by atoms with Crippen molar-refractivity contribution in [1.82, 2.24) is 0 Å². The van der Waals surface area contributed by atoms with Crippen LogP contribution in [-0.2, 0) is 10.2 Å². The lowest BCUT2D eigenvalue weighted by atomic mass is 9.79. The molecule has 0 heterocycles. The van der Waals surface area contributed by atoms with Gasteiger partial charge in [0.05, 0.1) is 5.41 Å². The summed E-state index contributed by atoms with van der Waals surface area (Å²) in [5.41, 5.74) is 0.144. The molecule has 1 N–H and O–H groups in total. The Bertz CT molecular complexity index is 311. The highest BCUT2D eigenvalue weighted by atomic mass is 24.3. The van der Waals surface area contributed by atoms with Gasteiger partial charge in [0.2, 0.25) is 0 Å². The molecular weight excluding hydrogens is 200 g/mol. The maximum Gasteiger partial charge on any atom is 0.316 e. The largest absolute Gasteiger partial charge is 0.481 e. The highest BCUT2D eigenvalue weighted by Gasteiger charge is 2.33. The molecule has 80 valence electrons. The Morgan fingerprint density at radius 3 is 2.27 bits per heavy atom. The van der Waals surface area contributed by atoms with Gasteiger partial charge in [0, 0.05) is 0 Å². The van der Waals surface area contributed by atoms with Gasteiger partial charge >= 0.3 is 29.0 Å². The number of aliphatic carboxylic acids is 1. The second-order valence-electron chi connectivity index (χ2n) is 3.75. The molecule has 0 aliphatic carbocycles. The minimum atomic E-state index is -0.745. The lowest BCUT2D eigenvalue weighted by Gasteiger charge is -2.24. The Labute approximate surface area is 107 Å². The molecule has 1 aromatic carbocycles. The summed E-state index contributed by atoms with van der Waals surface area (Å²) in [6, 6.07) is 9.42. The molecule has 1 rings (SSSR count). The van der Waals surface area contributed by atoms with E-state index in [0.717, 1.165) is 12.0 Å². The Balaban J connectivity index is 0.00000196. The van der Waals surface area contributed by atoms with Crippen molar-refractivity contribution in [3.05, 3.63) is 35.9 Å². The minimum Gasteiger partial charge on any atom is -0.481 e. The van der Waals surface area contributed by atoms with E-state index in [0.29, 0.717) is 6.42 Å². The van der Waals surface area contributed by atoms with E-state index >= 15 is 0 Å².